The van der Waals surface area contributed by atoms with Crippen molar-refractivity contribution in [2.45, 2.75) is 66.4 Å². The van der Waals surface area contributed by atoms with Crippen LogP contribution in [0, 0.1) is 0 Å². The second kappa shape index (κ2) is 14.4. The van der Waals surface area contributed by atoms with Crippen LogP contribution in [0.1, 0.15) is 33.4 Å². The van der Waals surface area contributed by atoms with Crippen LogP contribution < -0.4 is 5.73 Å². The molecular weight excluding hydrogens is 860 g/mol. The van der Waals surface area contributed by atoms with Crippen LogP contribution in [-0.2, 0) is 69.5 Å². The van der Waals surface area contributed by atoms with E-state index in [9.17, 15) is 91.7 Å². The van der Waals surface area contributed by atoms with Gasteiger partial charge in [-0.2, -0.15) is 79.0 Å². The number of benzene rings is 4. The molecule has 0 fully saturated rings. The molecule has 0 aliphatic carbocycles. The molecule has 0 amide bonds. The first kappa shape index (κ1) is 43.6. The monoisotopic (exact) mass is 873 g/mol. The van der Waals surface area contributed by atoms with E-state index in [-0.39, 0.29) is 48.5 Å². The van der Waals surface area contributed by atoms with Crippen molar-refractivity contribution < 1.29 is 91.7 Å². The zero-order chi connectivity index (χ0) is 42.0. The maximum atomic E-state index is 13.7. The summed E-state index contributed by atoms with van der Waals surface area (Å²) in [6.07, 6.45) is -33.4. The average Bonchev–Trinajstić information content (AvgIpc) is 3.04. The molecule has 4 rings (SSSR count). The van der Waals surface area contributed by atoms with Crippen LogP contribution in [0.2, 0.25) is 0 Å². The number of halogens is 18. The lowest BCUT2D eigenvalue weighted by Gasteiger charge is -2.18. The van der Waals surface area contributed by atoms with Crippen molar-refractivity contribution in [3.05, 3.63) is 100 Å². The van der Waals surface area contributed by atoms with E-state index in [1.54, 1.807) is 0 Å². The minimum atomic E-state index is -5.57. The van der Waals surface area contributed by atoms with Crippen molar-refractivity contribution in [1.82, 2.24) is 0 Å². The predicted molar refractivity (Wildman–Crippen MR) is 154 cm³/mol. The number of rotatable bonds is 6. The fraction of sp³-hybridized carbons (Fsp3) is 0.200. The summed E-state index contributed by atoms with van der Waals surface area (Å²) in [7, 11) is -10.4. The highest BCUT2D eigenvalue weighted by Crippen LogP contribution is 2.43. The standard InChI is InChI=1S/C30H13F18NO3S3/c31-25(32,33)12-1-13(26(34,35)36)5-18(4-12)53(50)21-10-22(54(51)19-6-14(27(37,38)39)2-15(7-19)28(40,41)42)24(49)23(11-21)55(52)20-8-16(29(43,44)45)3-17(9-20)30(46,47)48/h1-11H,49H2. The fourth-order valence-electron chi connectivity index (χ4n) is 4.48. The van der Waals surface area contributed by atoms with Gasteiger partial charge in [-0.1, -0.05) is 0 Å². The van der Waals surface area contributed by atoms with E-state index in [2.05, 4.69) is 0 Å². The molecule has 2 N–H and O–H groups in total. The van der Waals surface area contributed by atoms with Gasteiger partial charge in [0.05, 0.1) is 81.3 Å². The minimum absolute atomic E-state index is 0.111. The SMILES string of the molecule is Nc1c(S(=O)c2cc(C(F)(F)F)cc(C(F)(F)F)c2)cc(S(=O)c2cc(C(F)(F)F)cc(C(F)(F)F)c2)cc1S(=O)c1cc(C(F)(F)F)cc(C(F)(F)F)c1. The van der Waals surface area contributed by atoms with Crippen LogP contribution in [0.3, 0.4) is 0 Å². The molecule has 0 saturated carbocycles. The van der Waals surface area contributed by atoms with Crippen molar-refractivity contribution in [3.8, 4) is 0 Å². The van der Waals surface area contributed by atoms with E-state index in [4.69, 9.17) is 5.73 Å². The lowest BCUT2D eigenvalue weighted by Crippen LogP contribution is -2.14. The van der Waals surface area contributed by atoms with Gasteiger partial charge in [0.25, 0.3) is 0 Å². The van der Waals surface area contributed by atoms with Gasteiger partial charge in [-0.15, -0.1) is 0 Å². The van der Waals surface area contributed by atoms with Gasteiger partial charge in [-0.05, 0) is 66.7 Å². The summed E-state index contributed by atoms with van der Waals surface area (Å²) in [6.45, 7) is 0. The summed E-state index contributed by atoms with van der Waals surface area (Å²) in [5.41, 5.74) is -7.91. The highest BCUT2D eigenvalue weighted by atomic mass is 32.2. The van der Waals surface area contributed by atoms with Crippen LogP contribution in [0.4, 0.5) is 84.7 Å². The molecule has 0 heterocycles. The Morgan fingerprint density at radius 3 is 0.691 bits per heavy atom. The van der Waals surface area contributed by atoms with Gasteiger partial charge in [0.2, 0.25) is 0 Å². The van der Waals surface area contributed by atoms with Crippen LogP contribution in [0.5, 0.6) is 0 Å². The van der Waals surface area contributed by atoms with Crippen molar-refractivity contribution in [3.63, 3.8) is 0 Å². The molecule has 0 aliphatic heterocycles. The van der Waals surface area contributed by atoms with Gasteiger partial charge in [0, 0.05) is 19.6 Å². The number of hydrogen-bond donors (Lipinski definition) is 1. The van der Waals surface area contributed by atoms with Crippen LogP contribution >= 0.6 is 0 Å². The smallest absolute Gasteiger partial charge is 0.397 e. The number of nitrogen functional groups attached to an aromatic ring is 1. The minimum Gasteiger partial charge on any atom is -0.397 e. The van der Waals surface area contributed by atoms with Gasteiger partial charge < -0.3 is 5.73 Å². The Kier molecular flexibility index (Phi) is 11.4. The molecular formula is C30H13F18NO3S3. The maximum Gasteiger partial charge on any atom is 0.416 e. The third-order valence-corrected chi connectivity index (χ3v) is 11.1. The molecule has 0 bridgehead atoms. The molecule has 3 unspecified atom stereocenters. The van der Waals surface area contributed by atoms with Gasteiger partial charge in [0.1, 0.15) is 0 Å². The van der Waals surface area contributed by atoms with Gasteiger partial charge in [-0.3, -0.25) is 0 Å². The zero-order valence-corrected chi connectivity index (χ0v) is 28.1. The number of anilines is 1. The van der Waals surface area contributed by atoms with Gasteiger partial charge in [-0.25, -0.2) is 12.6 Å². The summed E-state index contributed by atoms with van der Waals surface area (Å²) in [4.78, 5) is -8.08. The fourth-order valence-corrected chi connectivity index (χ4v) is 8.42. The van der Waals surface area contributed by atoms with E-state index < -0.39 is 156 Å². The Bertz CT molecular complexity index is 2010. The van der Waals surface area contributed by atoms with Crippen molar-refractivity contribution in [1.29, 1.82) is 0 Å². The third-order valence-electron chi connectivity index (χ3n) is 7.02. The Hall–Kier alpha value is -4.13. The van der Waals surface area contributed by atoms with Crippen LogP contribution in [-0.4, -0.2) is 12.6 Å². The molecule has 0 radical (unpaired) electrons. The Balaban J connectivity index is 2.09. The van der Waals surface area contributed by atoms with E-state index in [0.29, 0.717) is 0 Å². The number of alkyl halides is 18. The number of nitrogens with two attached hydrogens (primary N) is 1. The lowest BCUT2D eigenvalue weighted by molar-refractivity contribution is -0.145. The molecule has 4 aromatic carbocycles. The first-order valence-electron chi connectivity index (χ1n) is 13.8. The Labute approximate surface area is 301 Å². The topological polar surface area (TPSA) is 77.2 Å². The average molecular weight is 874 g/mol. The second-order valence-corrected chi connectivity index (χ2v) is 15.2. The van der Waals surface area contributed by atoms with E-state index in [0.717, 1.165) is 0 Å². The summed E-state index contributed by atoms with van der Waals surface area (Å²) in [6, 6.07) is -1.53. The predicted octanol–water partition coefficient (Wildman–Crippen LogP) is 10.9. The molecule has 0 aromatic heterocycles. The number of hydrogen-bond acceptors (Lipinski definition) is 4. The lowest BCUT2D eigenvalue weighted by atomic mass is 10.1. The first-order chi connectivity index (χ1) is 24.7. The van der Waals surface area contributed by atoms with E-state index >= 15 is 0 Å². The second-order valence-electron chi connectivity index (χ2n) is 10.9. The molecule has 0 spiro atoms. The third kappa shape index (κ3) is 9.82. The summed E-state index contributed by atoms with van der Waals surface area (Å²) >= 11 is 0. The van der Waals surface area contributed by atoms with Crippen LogP contribution in [0.25, 0.3) is 0 Å². The molecule has 4 nitrogen and oxygen atoms in total. The quantitative estimate of drug-likeness (QED) is 0.155. The summed E-state index contributed by atoms with van der Waals surface area (Å²) in [5.74, 6) is 0. The Morgan fingerprint density at radius 1 is 0.309 bits per heavy atom. The van der Waals surface area contributed by atoms with Gasteiger partial charge in [0.15, 0.2) is 0 Å². The summed E-state index contributed by atoms with van der Waals surface area (Å²) < 4.78 is 285. The molecule has 3 atom stereocenters. The summed E-state index contributed by atoms with van der Waals surface area (Å²) in [5, 5.41) is 0. The van der Waals surface area contributed by atoms with E-state index in [1.165, 1.54) is 0 Å². The van der Waals surface area contributed by atoms with Crippen molar-refractivity contribution in [2.24, 2.45) is 0 Å². The molecule has 300 valence electrons. The highest BCUT2D eigenvalue weighted by Gasteiger charge is 2.41. The Morgan fingerprint density at radius 2 is 0.491 bits per heavy atom. The molecule has 0 aliphatic rings. The van der Waals surface area contributed by atoms with E-state index in [1.807, 2.05) is 0 Å². The largest absolute Gasteiger partial charge is 0.416 e. The molecule has 25 heteroatoms. The maximum absolute atomic E-state index is 13.7. The normalized spacial score (nSPS) is 15.2. The van der Waals surface area contributed by atoms with Gasteiger partial charge >= 0.3 is 37.1 Å². The molecule has 0 saturated heterocycles. The molecule has 55 heavy (non-hydrogen) atoms. The zero-order valence-electron chi connectivity index (χ0n) is 25.7. The van der Waals surface area contributed by atoms with Crippen LogP contribution in [0.15, 0.2) is 96.1 Å². The first-order valence-corrected chi connectivity index (χ1v) is 17.2. The van der Waals surface area contributed by atoms with Crippen molar-refractivity contribution in [2.75, 3.05) is 5.73 Å². The molecule has 4 aromatic rings. The van der Waals surface area contributed by atoms with Crippen molar-refractivity contribution >= 4 is 38.1 Å². The highest BCUT2D eigenvalue weighted by molar-refractivity contribution is 7.87.